The fourth-order valence-electron chi connectivity index (χ4n) is 3.97. The Morgan fingerprint density at radius 2 is 2.05 bits per heavy atom. The molecule has 3 heteroatoms. The first kappa shape index (κ1) is 15.3. The second-order valence-corrected chi connectivity index (χ2v) is 6.42. The highest BCUT2D eigenvalue weighted by atomic mass is 16.1. The second kappa shape index (κ2) is 6.66. The summed E-state index contributed by atoms with van der Waals surface area (Å²) in [5, 5.41) is 1.16. The standard InChI is InChI=1S/C19H26N2O/c1-3-9-21(10-4-2)16-6-7-17-14(11-16)5-8-18-19(17)15(13-22)12-20-18/h5,8,12-13,16,20H,3-4,6-7,9-11H2,1-2H3. The van der Waals surface area contributed by atoms with Gasteiger partial charge >= 0.3 is 0 Å². The predicted octanol–water partition coefficient (Wildman–Crippen LogP) is 3.96. The van der Waals surface area contributed by atoms with Gasteiger partial charge in [0.25, 0.3) is 0 Å². The zero-order valence-electron chi connectivity index (χ0n) is 13.7. The van der Waals surface area contributed by atoms with Crippen LogP contribution < -0.4 is 0 Å². The minimum absolute atomic E-state index is 0.656. The van der Waals surface area contributed by atoms with E-state index in [1.54, 1.807) is 0 Å². The first-order chi connectivity index (χ1) is 10.8. The van der Waals surface area contributed by atoms with Gasteiger partial charge in [-0.2, -0.15) is 0 Å². The van der Waals surface area contributed by atoms with Crippen LogP contribution >= 0.6 is 0 Å². The number of aryl methyl sites for hydroxylation is 1. The van der Waals surface area contributed by atoms with Gasteiger partial charge in [-0.15, -0.1) is 0 Å². The van der Waals surface area contributed by atoms with E-state index in [0.717, 1.165) is 35.6 Å². The fourth-order valence-corrected chi connectivity index (χ4v) is 3.97. The first-order valence-corrected chi connectivity index (χ1v) is 8.59. The van der Waals surface area contributed by atoms with Crippen LogP contribution in [0.1, 0.15) is 54.6 Å². The number of hydrogen-bond acceptors (Lipinski definition) is 2. The lowest BCUT2D eigenvalue weighted by molar-refractivity contribution is 0.112. The van der Waals surface area contributed by atoms with Crippen molar-refractivity contribution < 1.29 is 4.79 Å². The molecule has 3 nitrogen and oxygen atoms in total. The quantitative estimate of drug-likeness (QED) is 0.819. The molecule has 1 atom stereocenters. The van der Waals surface area contributed by atoms with Crippen LogP contribution in [0.15, 0.2) is 18.3 Å². The molecule has 0 saturated heterocycles. The van der Waals surface area contributed by atoms with Crippen LogP contribution in [0.4, 0.5) is 0 Å². The number of benzene rings is 1. The lowest BCUT2D eigenvalue weighted by Crippen LogP contribution is -2.40. The van der Waals surface area contributed by atoms with Crippen molar-refractivity contribution in [1.82, 2.24) is 9.88 Å². The zero-order valence-corrected chi connectivity index (χ0v) is 13.7. The van der Waals surface area contributed by atoms with E-state index in [4.69, 9.17) is 0 Å². The van der Waals surface area contributed by atoms with Gasteiger partial charge in [-0.05, 0) is 62.4 Å². The van der Waals surface area contributed by atoms with Crippen LogP contribution in [-0.2, 0) is 12.8 Å². The van der Waals surface area contributed by atoms with Crippen LogP contribution in [0.2, 0.25) is 0 Å². The van der Waals surface area contributed by atoms with E-state index in [1.807, 2.05) is 6.20 Å². The van der Waals surface area contributed by atoms with Gasteiger partial charge in [0.15, 0.2) is 6.29 Å². The van der Waals surface area contributed by atoms with E-state index in [9.17, 15) is 4.79 Å². The Bertz CT molecular complexity index is 653. The topological polar surface area (TPSA) is 36.1 Å². The molecule has 0 spiro atoms. The van der Waals surface area contributed by atoms with Crippen LogP contribution in [0.25, 0.3) is 10.9 Å². The lowest BCUT2D eigenvalue weighted by Gasteiger charge is -2.35. The number of rotatable bonds is 6. The van der Waals surface area contributed by atoms with Gasteiger partial charge in [0, 0.05) is 28.7 Å². The summed E-state index contributed by atoms with van der Waals surface area (Å²) in [6.45, 7) is 6.91. The molecule has 1 N–H and O–H groups in total. The molecule has 2 aromatic rings. The van der Waals surface area contributed by atoms with Gasteiger partial charge in [-0.3, -0.25) is 4.79 Å². The van der Waals surface area contributed by atoms with E-state index in [2.05, 4.69) is 35.9 Å². The van der Waals surface area contributed by atoms with Crippen LogP contribution in [0.3, 0.4) is 0 Å². The zero-order chi connectivity index (χ0) is 15.5. The van der Waals surface area contributed by atoms with E-state index in [0.29, 0.717) is 6.04 Å². The summed E-state index contributed by atoms with van der Waals surface area (Å²) in [7, 11) is 0. The molecule has 0 bridgehead atoms. The maximum Gasteiger partial charge on any atom is 0.152 e. The Morgan fingerprint density at radius 3 is 2.73 bits per heavy atom. The molecule has 0 radical (unpaired) electrons. The summed E-state index contributed by atoms with van der Waals surface area (Å²) in [6, 6.07) is 5.04. The number of carbonyl (C=O) groups is 1. The average molecular weight is 298 g/mol. The molecule has 22 heavy (non-hydrogen) atoms. The maximum absolute atomic E-state index is 11.3. The summed E-state index contributed by atoms with van der Waals surface area (Å²) < 4.78 is 0. The SMILES string of the molecule is CCCN(CCC)C1CCc2c(ccc3[nH]cc(C=O)c23)C1. The highest BCUT2D eigenvalue weighted by molar-refractivity contribution is 5.99. The van der Waals surface area contributed by atoms with E-state index < -0.39 is 0 Å². The van der Waals surface area contributed by atoms with Crippen molar-refractivity contribution in [3.05, 3.63) is 35.0 Å². The number of aldehydes is 1. The monoisotopic (exact) mass is 298 g/mol. The number of nitrogens with zero attached hydrogens (tertiary/aromatic N) is 1. The van der Waals surface area contributed by atoms with Crippen molar-refractivity contribution in [2.75, 3.05) is 13.1 Å². The van der Waals surface area contributed by atoms with Crippen molar-refractivity contribution in [1.29, 1.82) is 0 Å². The fraction of sp³-hybridized carbons (Fsp3) is 0.526. The molecular formula is C19H26N2O. The summed E-state index contributed by atoms with van der Waals surface area (Å²) in [5.41, 5.74) is 4.73. The Balaban J connectivity index is 1.91. The molecule has 1 unspecified atom stereocenters. The van der Waals surface area contributed by atoms with Crippen molar-refractivity contribution in [2.45, 2.75) is 52.0 Å². The number of nitrogens with one attached hydrogen (secondary N) is 1. The Labute approximate surface area is 132 Å². The van der Waals surface area contributed by atoms with Gasteiger partial charge in [-0.25, -0.2) is 0 Å². The molecule has 1 aliphatic rings. The lowest BCUT2D eigenvalue weighted by atomic mass is 9.84. The van der Waals surface area contributed by atoms with Gasteiger partial charge in [0.2, 0.25) is 0 Å². The molecule has 3 rings (SSSR count). The maximum atomic E-state index is 11.3. The van der Waals surface area contributed by atoms with Gasteiger partial charge in [-0.1, -0.05) is 19.9 Å². The normalized spacial score (nSPS) is 17.9. The Kier molecular flexibility index (Phi) is 4.63. The molecule has 0 aliphatic heterocycles. The number of carbonyl (C=O) groups excluding carboxylic acids is 1. The molecule has 1 aromatic heterocycles. The minimum atomic E-state index is 0.656. The first-order valence-electron chi connectivity index (χ1n) is 8.59. The number of H-pyrrole nitrogens is 1. The molecule has 0 fully saturated rings. The van der Waals surface area contributed by atoms with Crippen LogP contribution in [-0.4, -0.2) is 35.3 Å². The number of aromatic nitrogens is 1. The predicted molar refractivity (Wildman–Crippen MR) is 91.7 cm³/mol. The molecule has 1 aliphatic carbocycles. The van der Waals surface area contributed by atoms with E-state index >= 15 is 0 Å². The molecule has 1 aromatic carbocycles. The summed E-state index contributed by atoms with van der Waals surface area (Å²) in [6.07, 6.45) is 8.66. The van der Waals surface area contributed by atoms with Gasteiger partial charge in [0.1, 0.15) is 0 Å². The second-order valence-electron chi connectivity index (χ2n) is 6.42. The molecular weight excluding hydrogens is 272 g/mol. The van der Waals surface area contributed by atoms with E-state index in [-0.39, 0.29) is 0 Å². The third-order valence-electron chi connectivity index (χ3n) is 4.93. The average Bonchev–Trinajstić information content (AvgIpc) is 2.97. The number of hydrogen-bond donors (Lipinski definition) is 1. The number of aromatic amines is 1. The third kappa shape index (κ3) is 2.70. The van der Waals surface area contributed by atoms with Crippen LogP contribution in [0.5, 0.6) is 0 Å². The third-order valence-corrected chi connectivity index (χ3v) is 4.93. The number of fused-ring (bicyclic) bond motifs is 3. The summed E-state index contributed by atoms with van der Waals surface area (Å²) in [5.74, 6) is 0. The van der Waals surface area contributed by atoms with Crippen molar-refractivity contribution in [3.63, 3.8) is 0 Å². The Hall–Kier alpha value is -1.61. The largest absolute Gasteiger partial charge is 0.360 e. The molecule has 118 valence electrons. The van der Waals surface area contributed by atoms with Crippen LogP contribution in [0, 0.1) is 0 Å². The van der Waals surface area contributed by atoms with Crippen molar-refractivity contribution in [3.8, 4) is 0 Å². The molecule has 0 amide bonds. The summed E-state index contributed by atoms with van der Waals surface area (Å²) >= 11 is 0. The highest BCUT2D eigenvalue weighted by Gasteiger charge is 2.25. The van der Waals surface area contributed by atoms with Crippen molar-refractivity contribution >= 4 is 17.2 Å². The van der Waals surface area contributed by atoms with Crippen molar-refractivity contribution in [2.24, 2.45) is 0 Å². The van der Waals surface area contributed by atoms with E-state index in [1.165, 1.54) is 43.5 Å². The van der Waals surface area contributed by atoms with Gasteiger partial charge < -0.3 is 9.88 Å². The molecule has 1 heterocycles. The van der Waals surface area contributed by atoms with Gasteiger partial charge in [0.05, 0.1) is 0 Å². The smallest absolute Gasteiger partial charge is 0.152 e. The summed E-state index contributed by atoms with van der Waals surface area (Å²) in [4.78, 5) is 17.2. The minimum Gasteiger partial charge on any atom is -0.360 e. The Morgan fingerprint density at radius 1 is 1.27 bits per heavy atom. The molecule has 0 saturated carbocycles. The highest BCUT2D eigenvalue weighted by Crippen LogP contribution is 2.32.